The molecule has 2 atom stereocenters. The minimum absolute atomic E-state index is 0.0451. The zero-order valence-corrected chi connectivity index (χ0v) is 19.1. The molecule has 0 saturated carbocycles. The van der Waals surface area contributed by atoms with Gasteiger partial charge in [0.1, 0.15) is 12.0 Å². The number of halogens is 3. The maximum Gasteiger partial charge on any atom is 0.573 e. The summed E-state index contributed by atoms with van der Waals surface area (Å²) in [6.07, 6.45) is -3.02. The van der Waals surface area contributed by atoms with E-state index in [4.69, 9.17) is 13.9 Å². The number of carbonyl (C=O) groups is 2. The van der Waals surface area contributed by atoms with Crippen LogP contribution in [0.4, 0.5) is 18.0 Å². The number of ether oxygens (including phenoxy) is 3. The molecule has 0 aliphatic carbocycles. The van der Waals surface area contributed by atoms with Crippen LogP contribution in [-0.2, 0) is 9.47 Å². The Balaban J connectivity index is 1.56. The number of carbonyl (C=O) groups excluding carboxylic acids is 2. The first kappa shape index (κ1) is 24.8. The second kappa shape index (κ2) is 10.5. The smallest absolute Gasteiger partial charge is 0.461 e. The molecule has 0 spiro atoms. The van der Waals surface area contributed by atoms with E-state index in [2.05, 4.69) is 9.72 Å². The Bertz CT molecular complexity index is 1020. The number of benzene rings is 1. The third kappa shape index (κ3) is 6.24. The van der Waals surface area contributed by atoms with Crippen LogP contribution in [0.15, 0.2) is 34.9 Å². The Morgan fingerprint density at radius 3 is 2.43 bits per heavy atom. The number of nitrogens with zero attached hydrogens (tertiary/aromatic N) is 3. The van der Waals surface area contributed by atoms with Gasteiger partial charge in [-0.2, -0.15) is 0 Å². The summed E-state index contributed by atoms with van der Waals surface area (Å²) in [5.74, 6) is -1.14. The summed E-state index contributed by atoms with van der Waals surface area (Å²) in [5, 5.41) is 0. The first-order valence-electron chi connectivity index (χ1n) is 11.3. The standard InChI is InChI=1S/C23H26F3N3O6/c1-2-33-21(30)19-14-34-20(27-19)17-11-16(15-3-5-18(6-4-15)35-23(24,25)26)12-29(13-17)22(31)28-7-9-32-10-8-28/h3-6,14,16-17H,2,7-13H2,1H3. The van der Waals surface area contributed by atoms with Gasteiger partial charge in [0.15, 0.2) is 11.6 Å². The number of hydrogen-bond acceptors (Lipinski definition) is 7. The number of amides is 2. The molecule has 1 aromatic heterocycles. The number of oxazole rings is 1. The third-order valence-electron chi connectivity index (χ3n) is 5.94. The summed E-state index contributed by atoms with van der Waals surface area (Å²) in [6, 6.07) is 5.47. The van der Waals surface area contributed by atoms with E-state index in [1.165, 1.54) is 18.4 Å². The number of rotatable bonds is 5. The molecule has 3 heterocycles. The molecule has 4 rings (SSSR count). The largest absolute Gasteiger partial charge is 0.573 e. The molecule has 2 saturated heterocycles. The Hall–Kier alpha value is -3.28. The fraction of sp³-hybridized carbons (Fsp3) is 0.522. The molecule has 2 aliphatic heterocycles. The van der Waals surface area contributed by atoms with Gasteiger partial charge in [-0.25, -0.2) is 14.6 Å². The van der Waals surface area contributed by atoms with Gasteiger partial charge >= 0.3 is 18.4 Å². The average molecular weight is 497 g/mol. The lowest BCUT2D eigenvalue weighted by Crippen LogP contribution is -2.52. The first-order valence-corrected chi connectivity index (χ1v) is 11.3. The number of morpholine rings is 1. The maximum atomic E-state index is 13.2. The van der Waals surface area contributed by atoms with Crippen LogP contribution in [-0.4, -0.2) is 79.1 Å². The molecule has 12 heteroatoms. The number of hydrogen-bond donors (Lipinski definition) is 0. The van der Waals surface area contributed by atoms with Crippen molar-refractivity contribution in [1.82, 2.24) is 14.8 Å². The van der Waals surface area contributed by atoms with E-state index in [0.717, 1.165) is 5.56 Å². The fourth-order valence-corrected chi connectivity index (χ4v) is 4.35. The van der Waals surface area contributed by atoms with Gasteiger partial charge in [0.2, 0.25) is 0 Å². The highest BCUT2D eigenvalue weighted by Gasteiger charge is 2.37. The number of esters is 1. The summed E-state index contributed by atoms with van der Waals surface area (Å²) < 4.78 is 57.4. The summed E-state index contributed by atoms with van der Waals surface area (Å²) in [6.45, 7) is 4.43. The topological polar surface area (TPSA) is 94.3 Å². The Kier molecular flexibility index (Phi) is 7.48. The summed E-state index contributed by atoms with van der Waals surface area (Å²) in [5.41, 5.74) is 0.796. The molecule has 2 aromatic rings. The molecule has 0 bridgehead atoms. The van der Waals surface area contributed by atoms with Crippen molar-refractivity contribution in [2.75, 3.05) is 46.0 Å². The molecular formula is C23H26F3N3O6. The van der Waals surface area contributed by atoms with Crippen LogP contribution in [0.25, 0.3) is 0 Å². The van der Waals surface area contributed by atoms with Gasteiger partial charge in [0, 0.05) is 32.1 Å². The lowest BCUT2D eigenvalue weighted by Gasteiger charge is -2.40. The van der Waals surface area contributed by atoms with E-state index in [0.29, 0.717) is 51.7 Å². The fourth-order valence-electron chi connectivity index (χ4n) is 4.35. The molecule has 0 radical (unpaired) electrons. The number of aromatic nitrogens is 1. The van der Waals surface area contributed by atoms with E-state index >= 15 is 0 Å². The van der Waals surface area contributed by atoms with Gasteiger partial charge < -0.3 is 28.4 Å². The number of likely N-dealkylation sites (tertiary alicyclic amines) is 1. The number of piperidine rings is 1. The number of alkyl halides is 3. The molecule has 0 N–H and O–H groups in total. The summed E-state index contributed by atoms with van der Waals surface area (Å²) in [7, 11) is 0. The molecule has 35 heavy (non-hydrogen) atoms. The van der Waals surface area contributed by atoms with Gasteiger partial charge in [0.25, 0.3) is 0 Å². The minimum Gasteiger partial charge on any atom is -0.461 e. The molecule has 9 nitrogen and oxygen atoms in total. The van der Waals surface area contributed by atoms with Crippen LogP contribution in [0.3, 0.4) is 0 Å². The predicted molar refractivity (Wildman–Crippen MR) is 115 cm³/mol. The number of urea groups is 1. The SMILES string of the molecule is CCOC(=O)c1coc(C2CC(c3ccc(OC(F)(F)F)cc3)CN(C(=O)N3CCOCC3)C2)n1. The van der Waals surface area contributed by atoms with Crippen molar-refractivity contribution in [1.29, 1.82) is 0 Å². The van der Waals surface area contributed by atoms with Crippen molar-refractivity contribution < 1.29 is 41.4 Å². The van der Waals surface area contributed by atoms with Gasteiger partial charge in [-0.1, -0.05) is 12.1 Å². The van der Waals surface area contributed by atoms with Crippen molar-refractivity contribution >= 4 is 12.0 Å². The second-order valence-electron chi connectivity index (χ2n) is 8.32. The summed E-state index contributed by atoms with van der Waals surface area (Å²) >= 11 is 0. The quantitative estimate of drug-likeness (QED) is 0.581. The highest BCUT2D eigenvalue weighted by atomic mass is 19.4. The van der Waals surface area contributed by atoms with E-state index in [1.54, 1.807) is 28.9 Å². The van der Waals surface area contributed by atoms with Crippen LogP contribution in [0, 0.1) is 0 Å². The van der Waals surface area contributed by atoms with Crippen LogP contribution < -0.4 is 4.74 Å². The average Bonchev–Trinajstić information content (AvgIpc) is 3.34. The van der Waals surface area contributed by atoms with Crippen LogP contribution in [0.5, 0.6) is 5.75 Å². The van der Waals surface area contributed by atoms with Crippen molar-refractivity contribution in [3.8, 4) is 5.75 Å². The Labute approximate surface area is 199 Å². The molecule has 2 fully saturated rings. The normalized spacial score (nSPS) is 21.0. The van der Waals surface area contributed by atoms with E-state index in [9.17, 15) is 22.8 Å². The first-order chi connectivity index (χ1) is 16.7. The van der Waals surface area contributed by atoms with Crippen molar-refractivity contribution in [2.45, 2.75) is 31.5 Å². The van der Waals surface area contributed by atoms with Gasteiger partial charge in [0.05, 0.1) is 25.7 Å². The van der Waals surface area contributed by atoms with Gasteiger partial charge in [-0.3, -0.25) is 0 Å². The molecule has 2 aliphatic rings. The van der Waals surface area contributed by atoms with Gasteiger partial charge in [-0.05, 0) is 31.0 Å². The van der Waals surface area contributed by atoms with Crippen LogP contribution in [0.1, 0.15) is 47.1 Å². The van der Waals surface area contributed by atoms with Crippen LogP contribution >= 0.6 is 0 Å². The van der Waals surface area contributed by atoms with Gasteiger partial charge in [-0.15, -0.1) is 13.2 Å². The lowest BCUT2D eigenvalue weighted by atomic mass is 9.84. The molecular weight excluding hydrogens is 471 g/mol. The van der Waals surface area contributed by atoms with Crippen LogP contribution in [0.2, 0.25) is 0 Å². The highest BCUT2D eigenvalue weighted by Crippen LogP contribution is 2.37. The van der Waals surface area contributed by atoms with E-state index in [-0.39, 0.29) is 35.9 Å². The zero-order valence-electron chi connectivity index (χ0n) is 19.1. The van der Waals surface area contributed by atoms with Crippen molar-refractivity contribution in [3.05, 3.63) is 47.7 Å². The Morgan fingerprint density at radius 1 is 1.09 bits per heavy atom. The maximum absolute atomic E-state index is 13.2. The minimum atomic E-state index is -4.78. The van der Waals surface area contributed by atoms with Crippen molar-refractivity contribution in [3.63, 3.8) is 0 Å². The van der Waals surface area contributed by atoms with Crippen molar-refractivity contribution in [2.24, 2.45) is 0 Å². The monoisotopic (exact) mass is 497 g/mol. The second-order valence-corrected chi connectivity index (χ2v) is 8.32. The third-order valence-corrected chi connectivity index (χ3v) is 5.94. The molecule has 1 aromatic carbocycles. The highest BCUT2D eigenvalue weighted by molar-refractivity contribution is 5.86. The predicted octanol–water partition coefficient (Wildman–Crippen LogP) is 3.78. The molecule has 190 valence electrons. The molecule has 2 amide bonds. The Morgan fingerprint density at radius 2 is 1.77 bits per heavy atom. The molecule has 2 unspecified atom stereocenters. The zero-order chi connectivity index (χ0) is 25.0. The van der Waals surface area contributed by atoms with E-state index < -0.39 is 12.3 Å². The lowest BCUT2D eigenvalue weighted by molar-refractivity contribution is -0.274. The summed E-state index contributed by atoms with van der Waals surface area (Å²) in [4.78, 5) is 32.9. The van der Waals surface area contributed by atoms with E-state index in [1.807, 2.05) is 0 Å².